The van der Waals surface area contributed by atoms with Gasteiger partial charge in [0, 0.05) is 10.7 Å². The molecule has 0 fully saturated rings. The second-order valence-electron chi connectivity index (χ2n) is 4.19. The Kier molecular flexibility index (Phi) is 3.21. The van der Waals surface area contributed by atoms with Crippen LogP contribution in [0.4, 0.5) is 5.82 Å². The summed E-state index contributed by atoms with van der Waals surface area (Å²) in [4.78, 5) is 0. The predicted octanol–water partition coefficient (Wildman–Crippen LogP) is 3.07. The summed E-state index contributed by atoms with van der Waals surface area (Å²) in [5.41, 5.74) is 9.13. The van der Waals surface area contributed by atoms with Crippen molar-refractivity contribution >= 4 is 17.4 Å². The lowest BCUT2D eigenvalue weighted by Gasteiger charge is -2.11. The van der Waals surface area contributed by atoms with Gasteiger partial charge in [0.25, 0.3) is 0 Å². The summed E-state index contributed by atoms with van der Waals surface area (Å²) in [6.45, 7) is 3.69. The fourth-order valence-corrected chi connectivity index (χ4v) is 2.24. The molecular formula is C14H11ClN4. The van der Waals surface area contributed by atoms with E-state index in [1.165, 1.54) is 0 Å². The minimum absolute atomic E-state index is 0.330. The van der Waals surface area contributed by atoms with Crippen LogP contribution >= 0.6 is 11.6 Å². The molecule has 0 unspecified atom stereocenters. The molecule has 5 heteroatoms. The Morgan fingerprint density at radius 1 is 1.21 bits per heavy atom. The van der Waals surface area contributed by atoms with Gasteiger partial charge in [0.2, 0.25) is 0 Å². The van der Waals surface area contributed by atoms with Crippen molar-refractivity contribution in [1.82, 2.24) is 4.57 Å². The van der Waals surface area contributed by atoms with E-state index in [1.807, 2.05) is 13.8 Å². The fourth-order valence-electron chi connectivity index (χ4n) is 2.07. The molecule has 19 heavy (non-hydrogen) atoms. The van der Waals surface area contributed by atoms with Crippen LogP contribution in [0.15, 0.2) is 18.2 Å². The van der Waals surface area contributed by atoms with Gasteiger partial charge in [0.15, 0.2) is 0 Å². The smallest absolute Gasteiger partial charge is 0.126 e. The molecule has 94 valence electrons. The van der Waals surface area contributed by atoms with Gasteiger partial charge < -0.3 is 5.73 Å². The first-order valence-electron chi connectivity index (χ1n) is 5.58. The van der Waals surface area contributed by atoms with Gasteiger partial charge in [0.05, 0.1) is 16.8 Å². The number of nitrogens with two attached hydrogens (primary N) is 1. The fraction of sp³-hybridized carbons (Fsp3) is 0.143. The third-order valence-electron chi connectivity index (χ3n) is 3.18. The highest BCUT2D eigenvalue weighted by Gasteiger charge is 2.18. The number of anilines is 1. The highest BCUT2D eigenvalue weighted by atomic mass is 35.5. The van der Waals surface area contributed by atoms with E-state index in [-0.39, 0.29) is 0 Å². The zero-order valence-electron chi connectivity index (χ0n) is 10.5. The van der Waals surface area contributed by atoms with Gasteiger partial charge in [0.1, 0.15) is 18.0 Å². The Labute approximate surface area is 116 Å². The third kappa shape index (κ3) is 1.93. The van der Waals surface area contributed by atoms with Crippen molar-refractivity contribution < 1.29 is 0 Å². The number of hydrogen-bond donors (Lipinski definition) is 1. The molecule has 4 nitrogen and oxygen atoms in total. The van der Waals surface area contributed by atoms with Gasteiger partial charge in [-0.25, -0.2) is 0 Å². The Hall–Kier alpha value is -2.43. The van der Waals surface area contributed by atoms with Crippen LogP contribution in [0.1, 0.15) is 22.4 Å². The normalized spacial score (nSPS) is 9.95. The molecule has 1 heterocycles. The number of halogens is 1. The Balaban J connectivity index is 2.85. The monoisotopic (exact) mass is 270 g/mol. The molecule has 2 rings (SSSR count). The van der Waals surface area contributed by atoms with E-state index >= 15 is 0 Å². The Morgan fingerprint density at radius 3 is 2.42 bits per heavy atom. The SMILES string of the molecule is Cc1c(C#N)c(N)n(-c2cc(Cl)ccc2C#N)c1C. The first-order valence-corrected chi connectivity index (χ1v) is 5.96. The summed E-state index contributed by atoms with van der Waals surface area (Å²) in [6, 6.07) is 9.15. The first kappa shape index (κ1) is 13.0. The van der Waals surface area contributed by atoms with Crippen LogP contribution in [-0.4, -0.2) is 4.57 Å². The van der Waals surface area contributed by atoms with Crippen molar-refractivity contribution in [1.29, 1.82) is 10.5 Å². The molecule has 2 N–H and O–H groups in total. The standard InChI is InChI=1S/C14H11ClN4/c1-8-9(2)19(14(18)12(8)7-17)13-5-11(15)4-3-10(13)6-16/h3-5H,18H2,1-2H3. The largest absolute Gasteiger partial charge is 0.384 e. The van der Waals surface area contributed by atoms with E-state index in [9.17, 15) is 5.26 Å². The van der Waals surface area contributed by atoms with E-state index in [2.05, 4.69) is 12.1 Å². The topological polar surface area (TPSA) is 78.5 Å². The molecule has 0 atom stereocenters. The molecule has 1 aromatic heterocycles. The number of nitrogens with zero attached hydrogens (tertiary/aromatic N) is 3. The minimum atomic E-state index is 0.330. The lowest BCUT2D eigenvalue weighted by Crippen LogP contribution is -2.04. The van der Waals surface area contributed by atoms with Gasteiger partial charge in [-0.3, -0.25) is 4.57 Å². The predicted molar refractivity (Wildman–Crippen MR) is 74.1 cm³/mol. The van der Waals surface area contributed by atoms with Crippen molar-refractivity contribution in [2.24, 2.45) is 0 Å². The van der Waals surface area contributed by atoms with Gasteiger partial charge in [-0.1, -0.05) is 11.6 Å². The first-order chi connectivity index (χ1) is 9.01. The highest BCUT2D eigenvalue weighted by Crippen LogP contribution is 2.30. The molecule has 0 amide bonds. The van der Waals surface area contributed by atoms with E-state index in [0.717, 1.165) is 11.3 Å². The molecule has 0 aliphatic carbocycles. The maximum Gasteiger partial charge on any atom is 0.126 e. The number of rotatable bonds is 1. The van der Waals surface area contributed by atoms with Crippen LogP contribution in [-0.2, 0) is 0 Å². The van der Waals surface area contributed by atoms with Gasteiger partial charge in [-0.2, -0.15) is 10.5 Å². The molecule has 0 aliphatic rings. The molecule has 2 aromatic rings. The zero-order valence-corrected chi connectivity index (χ0v) is 11.3. The molecule has 0 saturated heterocycles. The number of nitriles is 2. The average molecular weight is 271 g/mol. The molecule has 1 aromatic carbocycles. The second-order valence-corrected chi connectivity index (χ2v) is 4.63. The summed E-state index contributed by atoms with van der Waals surface area (Å²) in [6.07, 6.45) is 0. The van der Waals surface area contributed by atoms with Crippen LogP contribution in [0.5, 0.6) is 0 Å². The molecule has 0 bridgehead atoms. The lowest BCUT2D eigenvalue weighted by molar-refractivity contribution is 1.01. The van der Waals surface area contributed by atoms with Crippen molar-refractivity contribution in [3.8, 4) is 17.8 Å². The average Bonchev–Trinajstić information content (AvgIpc) is 2.60. The van der Waals surface area contributed by atoms with Crippen LogP contribution in [0, 0.1) is 36.5 Å². The van der Waals surface area contributed by atoms with Gasteiger partial charge in [-0.05, 0) is 37.6 Å². The quantitative estimate of drug-likeness (QED) is 0.865. The molecular weight excluding hydrogens is 260 g/mol. The van der Waals surface area contributed by atoms with Crippen LogP contribution in [0.25, 0.3) is 5.69 Å². The second kappa shape index (κ2) is 4.68. The Morgan fingerprint density at radius 2 is 1.89 bits per heavy atom. The van der Waals surface area contributed by atoms with Gasteiger partial charge >= 0.3 is 0 Å². The van der Waals surface area contributed by atoms with Crippen molar-refractivity contribution in [3.05, 3.63) is 45.6 Å². The number of nitrogen functional groups attached to an aromatic ring is 1. The summed E-state index contributed by atoms with van der Waals surface area (Å²) < 4.78 is 1.69. The number of aromatic nitrogens is 1. The summed E-state index contributed by atoms with van der Waals surface area (Å²) in [7, 11) is 0. The molecule has 0 spiro atoms. The van der Waals surface area contributed by atoms with Crippen molar-refractivity contribution in [2.75, 3.05) is 5.73 Å². The lowest BCUT2D eigenvalue weighted by atomic mass is 10.2. The summed E-state index contributed by atoms with van der Waals surface area (Å²) >= 11 is 5.98. The highest BCUT2D eigenvalue weighted by molar-refractivity contribution is 6.30. The van der Waals surface area contributed by atoms with E-state index in [4.69, 9.17) is 22.6 Å². The maximum atomic E-state index is 9.17. The van der Waals surface area contributed by atoms with Crippen molar-refractivity contribution in [3.63, 3.8) is 0 Å². The molecule has 0 saturated carbocycles. The van der Waals surface area contributed by atoms with Crippen LogP contribution in [0.2, 0.25) is 5.02 Å². The maximum absolute atomic E-state index is 9.17. The third-order valence-corrected chi connectivity index (χ3v) is 3.42. The molecule has 0 radical (unpaired) electrons. The van der Waals surface area contributed by atoms with E-state index < -0.39 is 0 Å². The van der Waals surface area contributed by atoms with Crippen LogP contribution < -0.4 is 5.73 Å². The molecule has 0 aliphatic heterocycles. The van der Waals surface area contributed by atoms with Gasteiger partial charge in [-0.15, -0.1) is 0 Å². The number of benzene rings is 1. The van der Waals surface area contributed by atoms with E-state index in [0.29, 0.717) is 27.7 Å². The Bertz CT molecular complexity index is 744. The van der Waals surface area contributed by atoms with E-state index in [1.54, 1.807) is 22.8 Å². The van der Waals surface area contributed by atoms with Crippen molar-refractivity contribution in [2.45, 2.75) is 13.8 Å². The summed E-state index contributed by atoms with van der Waals surface area (Å²) in [5, 5.41) is 18.8. The minimum Gasteiger partial charge on any atom is -0.384 e. The van der Waals surface area contributed by atoms with Crippen LogP contribution in [0.3, 0.4) is 0 Å². The number of hydrogen-bond acceptors (Lipinski definition) is 3. The summed E-state index contributed by atoms with van der Waals surface area (Å²) in [5.74, 6) is 0.330. The zero-order chi connectivity index (χ0) is 14.2.